The molecule has 5 nitrogen and oxygen atoms in total. The molecule has 0 saturated heterocycles. The fourth-order valence-electron chi connectivity index (χ4n) is 2.03. The Morgan fingerprint density at radius 2 is 2.00 bits per heavy atom. The molecular weight excluding hydrogens is 314 g/mol. The van der Waals surface area contributed by atoms with Crippen LogP contribution < -0.4 is 5.43 Å². The zero-order valence-corrected chi connectivity index (χ0v) is 13.7. The Morgan fingerprint density at radius 1 is 1.30 bits per heavy atom. The molecule has 0 aliphatic rings. The molecule has 1 heterocycles. The molecule has 0 spiro atoms. The zero-order chi connectivity index (χ0) is 16.8. The molecule has 1 amide bonds. The van der Waals surface area contributed by atoms with E-state index in [4.69, 9.17) is 11.6 Å². The second kappa shape index (κ2) is 7.74. The molecule has 0 radical (unpaired) electrons. The molecule has 1 aromatic heterocycles. The summed E-state index contributed by atoms with van der Waals surface area (Å²) >= 11 is 6.00. The van der Waals surface area contributed by atoms with Gasteiger partial charge in [-0.25, -0.2) is 5.43 Å². The maximum atomic E-state index is 12.1. The first kappa shape index (κ1) is 17.0. The second-order valence-electron chi connectivity index (χ2n) is 5.49. The molecule has 0 fully saturated rings. The van der Waals surface area contributed by atoms with Crippen LogP contribution in [-0.4, -0.2) is 21.7 Å². The molecule has 0 saturated carbocycles. The van der Waals surface area contributed by atoms with Crippen molar-refractivity contribution in [3.8, 4) is 5.75 Å². The highest BCUT2D eigenvalue weighted by Crippen LogP contribution is 2.24. The monoisotopic (exact) mass is 331 g/mol. The molecule has 1 aromatic carbocycles. The fourth-order valence-corrected chi connectivity index (χ4v) is 2.20. The van der Waals surface area contributed by atoms with Crippen LogP contribution in [0.15, 0.2) is 47.8 Å². The van der Waals surface area contributed by atoms with Crippen LogP contribution in [0.3, 0.4) is 0 Å². The molecule has 120 valence electrons. The van der Waals surface area contributed by atoms with E-state index in [0.717, 1.165) is 0 Å². The van der Waals surface area contributed by atoms with Gasteiger partial charge in [0.25, 0.3) is 5.91 Å². The van der Waals surface area contributed by atoms with Gasteiger partial charge in [-0.2, -0.15) is 5.10 Å². The van der Waals surface area contributed by atoms with Crippen molar-refractivity contribution in [3.05, 3.63) is 58.9 Å². The lowest BCUT2D eigenvalue weighted by Gasteiger charge is -2.12. The minimum Gasteiger partial charge on any atom is -0.507 e. The van der Waals surface area contributed by atoms with Gasteiger partial charge in [-0.15, -0.1) is 0 Å². The van der Waals surface area contributed by atoms with Crippen molar-refractivity contribution < 1.29 is 9.90 Å². The van der Waals surface area contributed by atoms with Gasteiger partial charge in [0.15, 0.2) is 0 Å². The number of hydrazone groups is 1. The Bertz CT molecular complexity index is 715. The number of aromatic hydroxyl groups is 1. The average molecular weight is 332 g/mol. The lowest BCUT2D eigenvalue weighted by atomic mass is 10.00. The van der Waals surface area contributed by atoms with Crippen LogP contribution in [0.1, 0.15) is 36.2 Å². The van der Waals surface area contributed by atoms with Gasteiger partial charge < -0.3 is 5.11 Å². The Hall–Kier alpha value is -2.40. The van der Waals surface area contributed by atoms with Crippen LogP contribution in [0.5, 0.6) is 5.75 Å². The van der Waals surface area contributed by atoms with Gasteiger partial charge in [-0.1, -0.05) is 25.4 Å². The highest BCUT2D eigenvalue weighted by molar-refractivity contribution is 6.31. The van der Waals surface area contributed by atoms with Gasteiger partial charge >= 0.3 is 0 Å². The van der Waals surface area contributed by atoms with E-state index in [2.05, 4.69) is 15.5 Å². The Labute approximate surface area is 140 Å². The quantitative estimate of drug-likeness (QED) is 0.649. The van der Waals surface area contributed by atoms with Crippen molar-refractivity contribution in [2.75, 3.05) is 0 Å². The summed E-state index contributed by atoms with van der Waals surface area (Å²) in [5, 5.41) is 14.7. The smallest absolute Gasteiger partial charge is 0.271 e. The van der Waals surface area contributed by atoms with E-state index in [1.807, 2.05) is 13.8 Å². The standard InChI is InChI=1S/C17H18ClN3O2/c1-11(2)9-15(14-10-13(18)3-4-16(14)22)20-21-17(23)12-5-7-19-8-6-12/h3-8,10-11,22H,9H2,1-2H3,(H,21,23)/b20-15-. The summed E-state index contributed by atoms with van der Waals surface area (Å²) in [7, 11) is 0. The summed E-state index contributed by atoms with van der Waals surface area (Å²) in [6.45, 7) is 4.06. The summed E-state index contributed by atoms with van der Waals surface area (Å²) in [4.78, 5) is 16.0. The summed E-state index contributed by atoms with van der Waals surface area (Å²) < 4.78 is 0. The predicted octanol–water partition coefficient (Wildman–Crippen LogP) is 3.62. The van der Waals surface area contributed by atoms with E-state index in [0.29, 0.717) is 34.2 Å². The van der Waals surface area contributed by atoms with E-state index in [-0.39, 0.29) is 11.7 Å². The van der Waals surface area contributed by atoms with Crippen molar-refractivity contribution in [1.82, 2.24) is 10.4 Å². The molecule has 23 heavy (non-hydrogen) atoms. The maximum Gasteiger partial charge on any atom is 0.271 e. The van der Waals surface area contributed by atoms with Crippen molar-refractivity contribution in [3.63, 3.8) is 0 Å². The van der Waals surface area contributed by atoms with E-state index in [9.17, 15) is 9.90 Å². The van der Waals surface area contributed by atoms with Gasteiger partial charge in [0.05, 0.1) is 5.71 Å². The van der Waals surface area contributed by atoms with Crippen molar-refractivity contribution in [2.45, 2.75) is 20.3 Å². The Kier molecular flexibility index (Phi) is 5.71. The Balaban J connectivity index is 2.28. The second-order valence-corrected chi connectivity index (χ2v) is 5.93. The minimum absolute atomic E-state index is 0.0759. The Morgan fingerprint density at radius 3 is 2.65 bits per heavy atom. The number of nitrogens with zero attached hydrogens (tertiary/aromatic N) is 2. The third kappa shape index (κ3) is 4.79. The molecule has 0 aliphatic carbocycles. The van der Waals surface area contributed by atoms with Gasteiger partial charge in [-0.3, -0.25) is 9.78 Å². The number of rotatable bonds is 5. The number of carbonyl (C=O) groups is 1. The number of phenols is 1. The number of nitrogens with one attached hydrogen (secondary N) is 1. The van der Waals surface area contributed by atoms with Crippen LogP contribution in [0.4, 0.5) is 0 Å². The van der Waals surface area contributed by atoms with E-state index < -0.39 is 0 Å². The van der Waals surface area contributed by atoms with Crippen LogP contribution in [0, 0.1) is 5.92 Å². The molecule has 0 bridgehead atoms. The number of amides is 1. The van der Waals surface area contributed by atoms with E-state index in [1.165, 1.54) is 18.5 Å². The summed E-state index contributed by atoms with van der Waals surface area (Å²) in [5.74, 6) is 0.0343. The van der Waals surface area contributed by atoms with Crippen LogP contribution >= 0.6 is 11.6 Å². The molecular formula is C17H18ClN3O2. The third-order valence-corrected chi connectivity index (χ3v) is 3.34. The molecule has 2 aromatic rings. The van der Waals surface area contributed by atoms with Crippen molar-refractivity contribution in [2.24, 2.45) is 11.0 Å². The first-order valence-corrected chi connectivity index (χ1v) is 7.61. The number of pyridine rings is 1. The normalized spacial score (nSPS) is 11.6. The van der Waals surface area contributed by atoms with E-state index in [1.54, 1.807) is 24.3 Å². The molecule has 2 N–H and O–H groups in total. The number of hydrogen-bond acceptors (Lipinski definition) is 4. The van der Waals surface area contributed by atoms with Gasteiger partial charge in [0, 0.05) is 28.5 Å². The largest absolute Gasteiger partial charge is 0.507 e. The number of carbonyl (C=O) groups excluding carboxylic acids is 1. The first-order valence-electron chi connectivity index (χ1n) is 7.23. The van der Waals surface area contributed by atoms with Gasteiger partial charge in [-0.05, 0) is 42.7 Å². The summed E-state index contributed by atoms with van der Waals surface area (Å²) in [5.41, 5.74) is 4.06. The molecule has 0 aliphatic heterocycles. The SMILES string of the molecule is CC(C)C/C(=N/NC(=O)c1ccncc1)c1cc(Cl)ccc1O. The third-order valence-electron chi connectivity index (χ3n) is 3.11. The summed E-state index contributed by atoms with van der Waals surface area (Å²) in [6, 6.07) is 7.95. The molecule has 2 rings (SSSR count). The van der Waals surface area contributed by atoms with Gasteiger partial charge in [0.2, 0.25) is 0 Å². The average Bonchev–Trinajstić information content (AvgIpc) is 2.54. The number of phenolic OH excluding ortho intramolecular Hbond substituents is 1. The van der Waals surface area contributed by atoms with Crippen LogP contribution in [-0.2, 0) is 0 Å². The van der Waals surface area contributed by atoms with Crippen molar-refractivity contribution >= 4 is 23.2 Å². The first-order chi connectivity index (χ1) is 11.0. The lowest BCUT2D eigenvalue weighted by molar-refractivity contribution is 0.0954. The lowest BCUT2D eigenvalue weighted by Crippen LogP contribution is -2.21. The van der Waals surface area contributed by atoms with Crippen LogP contribution in [0.2, 0.25) is 5.02 Å². The van der Waals surface area contributed by atoms with Gasteiger partial charge in [0.1, 0.15) is 5.75 Å². The number of aromatic nitrogens is 1. The number of hydrogen-bond donors (Lipinski definition) is 2. The highest BCUT2D eigenvalue weighted by Gasteiger charge is 2.13. The predicted molar refractivity (Wildman–Crippen MR) is 90.8 cm³/mol. The fraction of sp³-hybridized carbons (Fsp3) is 0.235. The topological polar surface area (TPSA) is 74.6 Å². The molecule has 0 unspecified atom stereocenters. The molecule has 6 heteroatoms. The summed E-state index contributed by atoms with van der Waals surface area (Å²) in [6.07, 6.45) is 3.66. The number of halogens is 1. The molecule has 0 atom stereocenters. The van der Waals surface area contributed by atoms with E-state index >= 15 is 0 Å². The minimum atomic E-state index is -0.338. The highest BCUT2D eigenvalue weighted by atomic mass is 35.5. The maximum absolute atomic E-state index is 12.1. The van der Waals surface area contributed by atoms with Crippen molar-refractivity contribution in [1.29, 1.82) is 0 Å². The van der Waals surface area contributed by atoms with Crippen LogP contribution in [0.25, 0.3) is 0 Å². The zero-order valence-electron chi connectivity index (χ0n) is 13.0. The number of benzene rings is 1.